The summed E-state index contributed by atoms with van der Waals surface area (Å²) in [6, 6.07) is 2.88. The monoisotopic (exact) mass is 284 g/mol. The zero-order valence-corrected chi connectivity index (χ0v) is 10.9. The number of benzene rings is 1. The van der Waals surface area contributed by atoms with E-state index < -0.39 is 16.6 Å². The van der Waals surface area contributed by atoms with Gasteiger partial charge in [-0.2, -0.15) is 11.8 Å². The van der Waals surface area contributed by atoms with Crippen LogP contribution < -0.4 is 5.32 Å². The Labute approximate surface area is 113 Å². The molecule has 1 amide bonds. The summed E-state index contributed by atoms with van der Waals surface area (Å²) >= 11 is 1.82. The highest BCUT2D eigenvalue weighted by atomic mass is 32.2. The number of halogens is 1. The Morgan fingerprint density at radius 3 is 3.00 bits per heavy atom. The van der Waals surface area contributed by atoms with E-state index in [1.54, 1.807) is 0 Å². The van der Waals surface area contributed by atoms with Crippen LogP contribution in [0.5, 0.6) is 0 Å². The quantitative estimate of drug-likeness (QED) is 0.679. The molecule has 1 aromatic carbocycles. The first-order valence-corrected chi connectivity index (χ1v) is 7.03. The Kier molecular flexibility index (Phi) is 4.36. The topological polar surface area (TPSA) is 72.2 Å². The number of nitrogens with zero attached hydrogens (tertiary/aromatic N) is 1. The molecule has 19 heavy (non-hydrogen) atoms. The molecule has 1 saturated heterocycles. The third-order valence-corrected chi connectivity index (χ3v) is 4.21. The van der Waals surface area contributed by atoms with Crippen LogP contribution in [-0.2, 0) is 0 Å². The van der Waals surface area contributed by atoms with Crippen molar-refractivity contribution in [3.63, 3.8) is 0 Å². The summed E-state index contributed by atoms with van der Waals surface area (Å²) in [6.45, 7) is 0.472. The van der Waals surface area contributed by atoms with Crippen molar-refractivity contribution in [1.82, 2.24) is 5.32 Å². The summed E-state index contributed by atoms with van der Waals surface area (Å²) in [5, 5.41) is 13.4. The van der Waals surface area contributed by atoms with E-state index >= 15 is 0 Å². The Bertz CT molecular complexity index is 504. The van der Waals surface area contributed by atoms with Gasteiger partial charge in [-0.3, -0.25) is 14.9 Å². The van der Waals surface area contributed by atoms with E-state index in [9.17, 15) is 19.3 Å². The first kappa shape index (κ1) is 13.8. The minimum atomic E-state index is -0.681. The van der Waals surface area contributed by atoms with Gasteiger partial charge in [0.2, 0.25) is 0 Å². The van der Waals surface area contributed by atoms with Gasteiger partial charge in [0, 0.05) is 12.6 Å². The maximum atomic E-state index is 13.1. The van der Waals surface area contributed by atoms with Crippen LogP contribution in [0.25, 0.3) is 0 Å². The van der Waals surface area contributed by atoms with E-state index in [-0.39, 0.29) is 11.3 Å². The zero-order chi connectivity index (χ0) is 13.8. The third kappa shape index (κ3) is 3.44. The smallest absolute Gasteiger partial charge is 0.282 e. The summed E-state index contributed by atoms with van der Waals surface area (Å²) in [5.74, 6) is 1.18. The Morgan fingerprint density at radius 2 is 2.37 bits per heavy atom. The molecule has 1 aliphatic heterocycles. The summed E-state index contributed by atoms with van der Waals surface area (Å²) in [6.07, 6.45) is 1.02. The average molecular weight is 284 g/mol. The van der Waals surface area contributed by atoms with Gasteiger partial charge in [0.05, 0.1) is 4.92 Å². The molecule has 0 aliphatic carbocycles. The molecule has 1 N–H and O–H groups in total. The fourth-order valence-corrected chi connectivity index (χ4v) is 3.21. The van der Waals surface area contributed by atoms with Crippen molar-refractivity contribution in [2.45, 2.75) is 6.42 Å². The van der Waals surface area contributed by atoms with Crippen molar-refractivity contribution in [3.8, 4) is 0 Å². The van der Waals surface area contributed by atoms with Crippen LogP contribution in [0.1, 0.15) is 16.8 Å². The number of nitro groups is 1. The van der Waals surface area contributed by atoms with Crippen LogP contribution in [0, 0.1) is 21.8 Å². The molecule has 0 aromatic heterocycles. The number of rotatable bonds is 4. The lowest BCUT2D eigenvalue weighted by atomic mass is 10.1. The maximum Gasteiger partial charge on any atom is 0.282 e. The molecule has 5 nitrogen and oxygen atoms in total. The predicted octanol–water partition coefficient (Wildman–Crippen LogP) is 2.22. The van der Waals surface area contributed by atoms with E-state index in [1.807, 2.05) is 11.8 Å². The number of carbonyl (C=O) groups is 1. The molecular weight excluding hydrogens is 271 g/mol. The fourth-order valence-electron chi connectivity index (χ4n) is 1.93. The minimum absolute atomic E-state index is 0.226. The highest BCUT2D eigenvalue weighted by Gasteiger charge is 2.22. The van der Waals surface area contributed by atoms with Crippen LogP contribution in [-0.4, -0.2) is 28.9 Å². The zero-order valence-electron chi connectivity index (χ0n) is 10.1. The number of nitro benzene ring substituents is 1. The van der Waals surface area contributed by atoms with Gasteiger partial charge in [-0.15, -0.1) is 0 Å². The van der Waals surface area contributed by atoms with Crippen molar-refractivity contribution in [2.75, 3.05) is 18.1 Å². The summed E-state index contributed by atoms with van der Waals surface area (Å²) in [7, 11) is 0. The molecule has 1 unspecified atom stereocenters. The summed E-state index contributed by atoms with van der Waals surface area (Å²) in [4.78, 5) is 22.0. The molecule has 1 fully saturated rings. The number of hydrogen-bond donors (Lipinski definition) is 1. The second-order valence-corrected chi connectivity index (χ2v) is 5.51. The Morgan fingerprint density at radius 1 is 1.58 bits per heavy atom. The Hall–Kier alpha value is -1.63. The molecule has 1 aliphatic rings. The van der Waals surface area contributed by atoms with E-state index in [4.69, 9.17) is 0 Å². The standard InChI is InChI=1S/C12H13FN2O3S/c13-9-1-2-11(15(17)18)10(5-9)12(16)14-6-8-3-4-19-7-8/h1-2,5,8H,3-4,6-7H2,(H,14,16). The normalized spacial score (nSPS) is 18.3. The highest BCUT2D eigenvalue weighted by Crippen LogP contribution is 2.23. The fraction of sp³-hybridized carbons (Fsp3) is 0.417. The van der Waals surface area contributed by atoms with Crippen LogP contribution in [0.2, 0.25) is 0 Å². The first-order chi connectivity index (χ1) is 9.08. The number of hydrogen-bond acceptors (Lipinski definition) is 4. The average Bonchev–Trinajstić information content (AvgIpc) is 2.88. The van der Waals surface area contributed by atoms with Gasteiger partial charge in [-0.05, 0) is 36.0 Å². The molecule has 0 saturated carbocycles. The molecule has 1 atom stereocenters. The predicted molar refractivity (Wildman–Crippen MR) is 70.8 cm³/mol. The van der Waals surface area contributed by atoms with Crippen molar-refractivity contribution < 1.29 is 14.1 Å². The molecule has 0 spiro atoms. The molecule has 1 heterocycles. The van der Waals surface area contributed by atoms with Gasteiger partial charge in [0.1, 0.15) is 11.4 Å². The lowest BCUT2D eigenvalue weighted by molar-refractivity contribution is -0.385. The van der Waals surface area contributed by atoms with E-state index in [0.717, 1.165) is 36.1 Å². The number of amides is 1. The van der Waals surface area contributed by atoms with Crippen LogP contribution in [0.15, 0.2) is 18.2 Å². The number of carbonyl (C=O) groups excluding carboxylic acids is 1. The van der Waals surface area contributed by atoms with Crippen molar-refractivity contribution in [2.24, 2.45) is 5.92 Å². The van der Waals surface area contributed by atoms with Crippen LogP contribution in [0.4, 0.5) is 10.1 Å². The van der Waals surface area contributed by atoms with E-state index in [2.05, 4.69) is 5.32 Å². The van der Waals surface area contributed by atoms with Crippen LogP contribution >= 0.6 is 11.8 Å². The molecule has 102 valence electrons. The molecule has 1 aromatic rings. The molecule has 0 bridgehead atoms. The van der Waals surface area contributed by atoms with Crippen molar-refractivity contribution in [3.05, 3.63) is 39.7 Å². The molecule has 2 rings (SSSR count). The maximum absolute atomic E-state index is 13.1. The molecule has 7 heteroatoms. The Balaban J connectivity index is 2.08. The second kappa shape index (κ2) is 6.01. The largest absolute Gasteiger partial charge is 0.352 e. The number of nitrogens with one attached hydrogen (secondary N) is 1. The first-order valence-electron chi connectivity index (χ1n) is 5.88. The van der Waals surface area contributed by atoms with E-state index in [0.29, 0.717) is 12.5 Å². The van der Waals surface area contributed by atoms with Gasteiger partial charge in [-0.1, -0.05) is 0 Å². The van der Waals surface area contributed by atoms with Crippen LogP contribution in [0.3, 0.4) is 0 Å². The van der Waals surface area contributed by atoms with Crippen molar-refractivity contribution in [1.29, 1.82) is 0 Å². The third-order valence-electron chi connectivity index (χ3n) is 2.98. The van der Waals surface area contributed by atoms with Gasteiger partial charge >= 0.3 is 0 Å². The van der Waals surface area contributed by atoms with E-state index in [1.165, 1.54) is 0 Å². The second-order valence-electron chi connectivity index (χ2n) is 4.36. The summed E-state index contributed by atoms with van der Waals surface area (Å²) < 4.78 is 13.1. The van der Waals surface area contributed by atoms with Gasteiger partial charge < -0.3 is 5.32 Å². The lowest BCUT2D eigenvalue weighted by Gasteiger charge is -2.10. The highest BCUT2D eigenvalue weighted by molar-refractivity contribution is 7.99. The minimum Gasteiger partial charge on any atom is -0.352 e. The van der Waals surface area contributed by atoms with Gasteiger partial charge in [0.25, 0.3) is 11.6 Å². The number of thioether (sulfide) groups is 1. The van der Waals surface area contributed by atoms with Gasteiger partial charge in [-0.25, -0.2) is 4.39 Å². The summed E-state index contributed by atoms with van der Waals surface area (Å²) in [5.41, 5.74) is -0.602. The molecular formula is C12H13FN2O3S. The SMILES string of the molecule is O=C(NCC1CCSC1)c1cc(F)ccc1[N+](=O)[O-]. The molecule has 0 radical (unpaired) electrons. The van der Waals surface area contributed by atoms with Gasteiger partial charge in [0.15, 0.2) is 0 Å². The van der Waals surface area contributed by atoms with Crippen molar-refractivity contribution >= 4 is 23.4 Å². The lowest BCUT2D eigenvalue weighted by Crippen LogP contribution is -2.29.